The van der Waals surface area contributed by atoms with Crippen molar-refractivity contribution in [2.45, 2.75) is 6.92 Å². The maximum Gasteiger partial charge on any atom is 0.297 e. The molecule has 0 aliphatic carbocycles. The van der Waals surface area contributed by atoms with Gasteiger partial charge in [-0.15, -0.1) is 0 Å². The van der Waals surface area contributed by atoms with Crippen molar-refractivity contribution in [1.29, 1.82) is 0 Å². The van der Waals surface area contributed by atoms with Crippen LogP contribution in [0.1, 0.15) is 11.3 Å². The fourth-order valence-corrected chi connectivity index (χ4v) is 2.80. The van der Waals surface area contributed by atoms with Crippen LogP contribution in [0.5, 0.6) is 0 Å². The largest absolute Gasteiger partial charge is 0.297 e. The number of nitrogens with zero attached hydrogens (tertiary/aromatic N) is 3. The third-order valence-electron chi connectivity index (χ3n) is 3.41. The van der Waals surface area contributed by atoms with Crippen molar-refractivity contribution < 1.29 is 0 Å². The van der Waals surface area contributed by atoms with E-state index in [2.05, 4.69) is 4.99 Å². The number of rotatable bonds is 3. The highest BCUT2D eigenvalue weighted by Gasteiger charge is 2.14. The van der Waals surface area contributed by atoms with Gasteiger partial charge in [0.2, 0.25) is 0 Å². The third kappa shape index (κ3) is 2.48. The molecule has 2 aromatic heterocycles. The van der Waals surface area contributed by atoms with Crippen molar-refractivity contribution in [2.75, 3.05) is 0 Å². The van der Waals surface area contributed by atoms with Gasteiger partial charge in [-0.25, -0.2) is 9.67 Å². The molecule has 0 fully saturated rings. The normalized spacial score (nSPS) is 11.3. The molecule has 21 heavy (non-hydrogen) atoms. The summed E-state index contributed by atoms with van der Waals surface area (Å²) in [5.41, 5.74) is 3.06. The first-order valence-electron chi connectivity index (χ1n) is 6.59. The smallest absolute Gasteiger partial charge is 0.283 e. The second kappa shape index (κ2) is 5.54. The van der Waals surface area contributed by atoms with Crippen molar-refractivity contribution >= 4 is 23.2 Å². The van der Waals surface area contributed by atoms with E-state index in [0.717, 1.165) is 16.9 Å². The van der Waals surface area contributed by atoms with E-state index in [1.807, 2.05) is 65.8 Å². The van der Waals surface area contributed by atoms with Crippen molar-refractivity contribution in [1.82, 2.24) is 9.36 Å². The summed E-state index contributed by atoms with van der Waals surface area (Å²) < 4.78 is 3.47. The molecule has 3 rings (SSSR count). The van der Waals surface area contributed by atoms with E-state index in [9.17, 15) is 4.79 Å². The summed E-state index contributed by atoms with van der Waals surface area (Å²) >= 11 is 1.61. The zero-order valence-electron chi connectivity index (χ0n) is 11.9. The molecule has 0 saturated carbocycles. The topological polar surface area (TPSA) is 39.3 Å². The van der Waals surface area contributed by atoms with Crippen molar-refractivity contribution in [3.05, 3.63) is 68.8 Å². The molecule has 0 aliphatic rings. The van der Waals surface area contributed by atoms with Gasteiger partial charge in [0.25, 0.3) is 5.56 Å². The standard InChI is InChI=1S/C16H15N3OS/c1-12-15(17-10-13-8-9-21-11-13)16(20)19(18(12)2)14-6-4-3-5-7-14/h3-11H,1-2H3. The van der Waals surface area contributed by atoms with E-state index >= 15 is 0 Å². The van der Waals surface area contributed by atoms with Crippen LogP contribution in [-0.2, 0) is 7.05 Å². The molecule has 0 unspecified atom stereocenters. The zero-order valence-corrected chi connectivity index (χ0v) is 12.7. The number of para-hydroxylation sites is 1. The molecule has 2 heterocycles. The highest BCUT2D eigenvalue weighted by molar-refractivity contribution is 7.08. The Labute approximate surface area is 126 Å². The molecule has 0 amide bonds. The van der Waals surface area contributed by atoms with Gasteiger partial charge in [-0.2, -0.15) is 11.3 Å². The maximum atomic E-state index is 12.6. The van der Waals surface area contributed by atoms with E-state index in [4.69, 9.17) is 0 Å². The van der Waals surface area contributed by atoms with Crippen LogP contribution in [0.3, 0.4) is 0 Å². The lowest BCUT2D eigenvalue weighted by Gasteiger charge is -2.07. The number of aromatic nitrogens is 2. The summed E-state index contributed by atoms with van der Waals surface area (Å²) in [6.07, 6.45) is 1.73. The van der Waals surface area contributed by atoms with E-state index in [1.54, 1.807) is 22.2 Å². The number of aliphatic imine (C=N–C) groups is 1. The third-order valence-corrected chi connectivity index (χ3v) is 4.11. The Balaban J connectivity index is 2.10. The molecule has 0 aliphatic heterocycles. The van der Waals surface area contributed by atoms with Gasteiger partial charge in [-0.3, -0.25) is 9.48 Å². The predicted molar refractivity (Wildman–Crippen MR) is 87.3 cm³/mol. The lowest BCUT2D eigenvalue weighted by molar-refractivity contribution is 0.630. The molecule has 0 radical (unpaired) electrons. The summed E-state index contributed by atoms with van der Waals surface area (Å²) in [7, 11) is 1.87. The molecule has 106 valence electrons. The zero-order chi connectivity index (χ0) is 14.8. The quantitative estimate of drug-likeness (QED) is 0.684. The fraction of sp³-hybridized carbons (Fsp3) is 0.125. The second-order valence-corrected chi connectivity index (χ2v) is 5.51. The van der Waals surface area contributed by atoms with E-state index in [0.29, 0.717) is 5.69 Å². The lowest BCUT2D eigenvalue weighted by Crippen LogP contribution is -2.19. The molecule has 3 aromatic rings. The molecular weight excluding hydrogens is 282 g/mol. The molecule has 0 spiro atoms. The summed E-state index contributed by atoms with van der Waals surface area (Å²) in [4.78, 5) is 17.0. The van der Waals surface area contributed by atoms with Crippen LogP contribution in [-0.4, -0.2) is 15.6 Å². The van der Waals surface area contributed by atoms with Gasteiger partial charge in [0.1, 0.15) is 0 Å². The van der Waals surface area contributed by atoms with Gasteiger partial charge < -0.3 is 0 Å². The van der Waals surface area contributed by atoms with Gasteiger partial charge >= 0.3 is 0 Å². The van der Waals surface area contributed by atoms with E-state index in [-0.39, 0.29) is 5.56 Å². The molecule has 4 nitrogen and oxygen atoms in total. The van der Waals surface area contributed by atoms with Crippen molar-refractivity contribution in [3.8, 4) is 5.69 Å². The summed E-state index contributed by atoms with van der Waals surface area (Å²) in [5, 5.41) is 3.99. The molecule has 5 heteroatoms. The number of benzene rings is 1. The minimum absolute atomic E-state index is 0.104. The molecule has 1 aromatic carbocycles. The fourth-order valence-electron chi connectivity index (χ4n) is 2.19. The van der Waals surface area contributed by atoms with Crippen molar-refractivity contribution in [2.24, 2.45) is 12.0 Å². The molecular formula is C16H15N3OS. The SMILES string of the molecule is Cc1c(N=Cc2ccsc2)c(=O)n(-c2ccccc2)n1C. The van der Waals surface area contributed by atoms with Crippen LogP contribution in [0.15, 0.2) is 56.9 Å². The Morgan fingerprint density at radius 3 is 2.62 bits per heavy atom. The predicted octanol–water partition coefficient (Wildman–Crippen LogP) is 3.30. The van der Waals surface area contributed by atoms with Gasteiger partial charge in [0.15, 0.2) is 5.69 Å². The first kappa shape index (κ1) is 13.6. The van der Waals surface area contributed by atoms with Gasteiger partial charge in [-0.05, 0) is 35.9 Å². The minimum Gasteiger partial charge on any atom is -0.283 e. The summed E-state index contributed by atoms with van der Waals surface area (Å²) in [6.45, 7) is 1.90. The van der Waals surface area contributed by atoms with Crippen LogP contribution in [0.4, 0.5) is 5.69 Å². The number of thiophene rings is 1. The first-order chi connectivity index (χ1) is 10.2. The van der Waals surface area contributed by atoms with Crippen LogP contribution in [0, 0.1) is 6.92 Å². The second-order valence-electron chi connectivity index (χ2n) is 4.73. The molecule has 0 N–H and O–H groups in total. The maximum absolute atomic E-state index is 12.6. The monoisotopic (exact) mass is 297 g/mol. The average Bonchev–Trinajstić information content (AvgIpc) is 3.08. The first-order valence-corrected chi connectivity index (χ1v) is 7.53. The Bertz CT molecular complexity index is 827. The lowest BCUT2D eigenvalue weighted by atomic mass is 10.3. The van der Waals surface area contributed by atoms with Crippen LogP contribution >= 0.6 is 11.3 Å². The highest BCUT2D eigenvalue weighted by Crippen LogP contribution is 2.16. The Kier molecular flexibility index (Phi) is 3.58. The molecule has 0 saturated heterocycles. The molecule has 0 bridgehead atoms. The van der Waals surface area contributed by atoms with Gasteiger partial charge in [0.05, 0.1) is 11.4 Å². The van der Waals surface area contributed by atoms with Crippen LogP contribution < -0.4 is 5.56 Å². The minimum atomic E-state index is -0.104. The Morgan fingerprint density at radius 2 is 1.95 bits per heavy atom. The van der Waals surface area contributed by atoms with Gasteiger partial charge in [-0.1, -0.05) is 18.2 Å². The number of hydrogen-bond donors (Lipinski definition) is 0. The summed E-state index contributed by atoms with van der Waals surface area (Å²) in [6, 6.07) is 11.6. The van der Waals surface area contributed by atoms with E-state index in [1.165, 1.54) is 0 Å². The van der Waals surface area contributed by atoms with Crippen LogP contribution in [0.2, 0.25) is 0 Å². The number of hydrogen-bond acceptors (Lipinski definition) is 3. The van der Waals surface area contributed by atoms with Gasteiger partial charge in [0, 0.05) is 18.8 Å². The highest BCUT2D eigenvalue weighted by atomic mass is 32.1. The average molecular weight is 297 g/mol. The Morgan fingerprint density at radius 1 is 1.19 bits per heavy atom. The van der Waals surface area contributed by atoms with Crippen molar-refractivity contribution in [3.63, 3.8) is 0 Å². The van der Waals surface area contributed by atoms with E-state index < -0.39 is 0 Å². The van der Waals surface area contributed by atoms with Crippen LogP contribution in [0.25, 0.3) is 5.69 Å². The molecule has 0 atom stereocenters. The Hall–Kier alpha value is -2.40. The summed E-state index contributed by atoms with van der Waals surface area (Å²) in [5.74, 6) is 0.